The van der Waals surface area contributed by atoms with Crippen LogP contribution in [-0.4, -0.2) is 23.8 Å². The molecule has 1 heterocycles. The first-order chi connectivity index (χ1) is 6.02. The minimum absolute atomic E-state index is 0.00245. The first-order valence-corrected chi connectivity index (χ1v) is 4.48. The number of allylic oxidation sites excluding steroid dienone is 1. The number of cyclic esters (lactones) is 1. The second-order valence-corrected chi connectivity index (χ2v) is 3.93. The first kappa shape index (κ1) is 10.3. The van der Waals surface area contributed by atoms with E-state index in [1.54, 1.807) is 13.0 Å². The zero-order chi connectivity index (χ0) is 10.1. The van der Waals surface area contributed by atoms with Crippen molar-refractivity contribution in [2.24, 2.45) is 11.3 Å². The largest absolute Gasteiger partial charge is 0.465 e. The molecule has 1 fully saturated rings. The molecule has 0 radical (unpaired) electrons. The second-order valence-electron chi connectivity index (χ2n) is 3.93. The number of ether oxygens (including phenoxy) is 1. The van der Waals surface area contributed by atoms with Gasteiger partial charge in [-0.2, -0.15) is 0 Å². The molecular formula is C10H16O3. The number of esters is 1. The highest BCUT2D eigenvalue weighted by molar-refractivity contribution is 5.78. The minimum Gasteiger partial charge on any atom is -0.465 e. The molecule has 1 saturated heterocycles. The Morgan fingerprint density at radius 2 is 2.46 bits per heavy atom. The van der Waals surface area contributed by atoms with Gasteiger partial charge in [0.1, 0.15) is 0 Å². The van der Waals surface area contributed by atoms with Crippen LogP contribution in [-0.2, 0) is 9.53 Å². The Balaban J connectivity index is 2.87. The highest BCUT2D eigenvalue weighted by Gasteiger charge is 2.47. The molecule has 1 rings (SSSR count). The van der Waals surface area contributed by atoms with E-state index in [4.69, 9.17) is 4.74 Å². The Morgan fingerprint density at radius 1 is 1.85 bits per heavy atom. The number of carbonyl (C=O) groups excluding carboxylic acids is 1. The molecule has 1 N–H and O–H groups in total. The zero-order valence-corrected chi connectivity index (χ0v) is 8.12. The summed E-state index contributed by atoms with van der Waals surface area (Å²) in [6.07, 6.45) is 1.46. The third-order valence-electron chi connectivity index (χ3n) is 2.70. The lowest BCUT2D eigenvalue weighted by Crippen LogP contribution is -2.50. The lowest BCUT2D eigenvalue weighted by Gasteiger charge is -2.39. The van der Waals surface area contributed by atoms with Crippen LogP contribution in [0.3, 0.4) is 0 Å². The Bertz CT molecular complexity index is 224. The van der Waals surface area contributed by atoms with Crippen molar-refractivity contribution in [2.75, 3.05) is 6.61 Å². The van der Waals surface area contributed by atoms with Crippen LogP contribution in [0.2, 0.25) is 0 Å². The number of rotatable bonds is 2. The Labute approximate surface area is 78.4 Å². The third-order valence-corrected chi connectivity index (χ3v) is 2.70. The quantitative estimate of drug-likeness (QED) is 0.516. The summed E-state index contributed by atoms with van der Waals surface area (Å²) in [5.74, 6) is -0.319. The van der Waals surface area contributed by atoms with E-state index in [1.165, 1.54) is 0 Å². The van der Waals surface area contributed by atoms with E-state index < -0.39 is 11.5 Å². The third kappa shape index (κ3) is 1.61. The fraction of sp³-hybridized carbons (Fsp3) is 0.700. The topological polar surface area (TPSA) is 46.5 Å². The lowest BCUT2D eigenvalue weighted by molar-refractivity contribution is -0.180. The average molecular weight is 184 g/mol. The van der Waals surface area contributed by atoms with Crippen molar-refractivity contribution < 1.29 is 14.6 Å². The van der Waals surface area contributed by atoms with Crippen molar-refractivity contribution in [2.45, 2.75) is 26.4 Å². The van der Waals surface area contributed by atoms with Crippen molar-refractivity contribution in [3.8, 4) is 0 Å². The molecule has 0 unspecified atom stereocenters. The zero-order valence-electron chi connectivity index (χ0n) is 8.12. The number of carbonyl (C=O) groups is 1. The Kier molecular flexibility index (Phi) is 2.76. The van der Waals surface area contributed by atoms with Gasteiger partial charge in [0.05, 0.1) is 18.1 Å². The van der Waals surface area contributed by atoms with E-state index in [0.29, 0.717) is 13.0 Å². The van der Waals surface area contributed by atoms with Gasteiger partial charge in [0.25, 0.3) is 0 Å². The number of aliphatic hydroxyl groups is 1. The van der Waals surface area contributed by atoms with E-state index in [2.05, 4.69) is 6.58 Å². The molecule has 0 spiro atoms. The van der Waals surface area contributed by atoms with Crippen molar-refractivity contribution in [3.63, 3.8) is 0 Å². The van der Waals surface area contributed by atoms with E-state index in [9.17, 15) is 9.90 Å². The van der Waals surface area contributed by atoms with Gasteiger partial charge in [0, 0.05) is 5.92 Å². The normalized spacial score (nSPS) is 39.8. The molecule has 74 valence electrons. The maximum absolute atomic E-state index is 11.4. The van der Waals surface area contributed by atoms with Gasteiger partial charge in [-0.1, -0.05) is 13.0 Å². The molecule has 0 bridgehead atoms. The number of aliphatic hydroxyl groups excluding tert-OH is 1. The van der Waals surface area contributed by atoms with Crippen LogP contribution in [0.4, 0.5) is 0 Å². The monoisotopic (exact) mass is 184 g/mol. The van der Waals surface area contributed by atoms with E-state index in [0.717, 1.165) is 0 Å². The van der Waals surface area contributed by atoms with Gasteiger partial charge in [-0.25, -0.2) is 0 Å². The molecule has 0 aromatic rings. The van der Waals surface area contributed by atoms with Crippen LogP contribution in [0.15, 0.2) is 12.7 Å². The summed E-state index contributed by atoms with van der Waals surface area (Å²) >= 11 is 0. The van der Waals surface area contributed by atoms with Crippen molar-refractivity contribution in [1.82, 2.24) is 0 Å². The SMILES string of the molecule is C=CC[C@]1(C)C(=O)OC[C@@H](C)[C@@H]1O. The molecule has 1 aliphatic heterocycles. The van der Waals surface area contributed by atoms with Crippen molar-refractivity contribution >= 4 is 5.97 Å². The summed E-state index contributed by atoms with van der Waals surface area (Å²) in [5, 5.41) is 9.85. The molecule has 0 amide bonds. The predicted molar refractivity (Wildman–Crippen MR) is 49.1 cm³/mol. The molecule has 0 aliphatic carbocycles. The average Bonchev–Trinajstić information content (AvgIpc) is 2.10. The maximum Gasteiger partial charge on any atom is 0.314 e. The smallest absolute Gasteiger partial charge is 0.314 e. The van der Waals surface area contributed by atoms with Gasteiger partial charge in [-0.05, 0) is 13.3 Å². The molecule has 3 atom stereocenters. The molecule has 13 heavy (non-hydrogen) atoms. The fourth-order valence-corrected chi connectivity index (χ4v) is 1.72. The lowest BCUT2D eigenvalue weighted by atomic mass is 9.74. The van der Waals surface area contributed by atoms with Crippen molar-refractivity contribution in [3.05, 3.63) is 12.7 Å². The second kappa shape index (κ2) is 3.50. The van der Waals surface area contributed by atoms with Crippen LogP contribution in [0.25, 0.3) is 0 Å². The van der Waals surface area contributed by atoms with Gasteiger partial charge < -0.3 is 9.84 Å². The summed E-state index contributed by atoms with van der Waals surface area (Å²) < 4.78 is 4.98. The highest BCUT2D eigenvalue weighted by Crippen LogP contribution is 2.36. The van der Waals surface area contributed by atoms with Crippen LogP contribution < -0.4 is 0 Å². The molecule has 0 aromatic carbocycles. The molecular weight excluding hydrogens is 168 g/mol. The van der Waals surface area contributed by atoms with Crippen LogP contribution in [0.5, 0.6) is 0 Å². The van der Waals surface area contributed by atoms with Gasteiger partial charge in [-0.3, -0.25) is 4.79 Å². The first-order valence-electron chi connectivity index (χ1n) is 4.48. The number of hydrogen-bond acceptors (Lipinski definition) is 3. The van der Waals surface area contributed by atoms with Gasteiger partial charge >= 0.3 is 5.97 Å². The Morgan fingerprint density at radius 3 is 3.00 bits per heavy atom. The predicted octanol–water partition coefficient (Wildman–Crippen LogP) is 1.12. The van der Waals surface area contributed by atoms with Crippen LogP contribution in [0, 0.1) is 11.3 Å². The van der Waals surface area contributed by atoms with E-state index in [1.807, 2.05) is 6.92 Å². The van der Waals surface area contributed by atoms with Crippen LogP contribution in [0.1, 0.15) is 20.3 Å². The summed E-state index contributed by atoms with van der Waals surface area (Å²) in [5.41, 5.74) is -0.806. The summed E-state index contributed by atoms with van der Waals surface area (Å²) in [6, 6.07) is 0. The summed E-state index contributed by atoms with van der Waals surface area (Å²) in [7, 11) is 0. The number of hydrogen-bond donors (Lipinski definition) is 1. The molecule has 1 aliphatic rings. The van der Waals surface area contributed by atoms with E-state index in [-0.39, 0.29) is 11.9 Å². The Hall–Kier alpha value is -0.830. The van der Waals surface area contributed by atoms with Gasteiger partial charge in [0.15, 0.2) is 0 Å². The van der Waals surface area contributed by atoms with Gasteiger partial charge in [0.2, 0.25) is 0 Å². The molecule has 0 saturated carbocycles. The highest BCUT2D eigenvalue weighted by atomic mass is 16.5. The summed E-state index contributed by atoms with van der Waals surface area (Å²) in [4.78, 5) is 11.4. The fourth-order valence-electron chi connectivity index (χ4n) is 1.72. The van der Waals surface area contributed by atoms with Gasteiger partial charge in [-0.15, -0.1) is 6.58 Å². The van der Waals surface area contributed by atoms with Crippen molar-refractivity contribution in [1.29, 1.82) is 0 Å². The molecule has 0 aromatic heterocycles. The minimum atomic E-state index is -0.806. The molecule has 3 heteroatoms. The maximum atomic E-state index is 11.4. The van der Waals surface area contributed by atoms with Crippen LogP contribution >= 0.6 is 0 Å². The molecule has 3 nitrogen and oxygen atoms in total. The standard InChI is InChI=1S/C10H16O3/c1-4-5-10(3)8(11)7(2)6-13-9(10)12/h4,7-8,11H,1,5-6H2,2-3H3/t7-,8+,10+/m1/s1. The van der Waals surface area contributed by atoms with E-state index >= 15 is 0 Å². The summed E-state index contributed by atoms with van der Waals surface area (Å²) in [6.45, 7) is 7.48.